The Bertz CT molecular complexity index is 685. The Kier molecular flexibility index (Phi) is 4.00. The van der Waals surface area contributed by atoms with E-state index < -0.39 is 4.92 Å². The molecular weight excluding hydrogens is 282 g/mol. The van der Waals surface area contributed by atoms with Crippen molar-refractivity contribution in [1.82, 2.24) is 0 Å². The number of halogens is 1. The zero-order chi connectivity index (χ0) is 14.7. The molecule has 2 aromatic rings. The molecule has 2 rings (SSSR count). The first kappa shape index (κ1) is 14.0. The summed E-state index contributed by atoms with van der Waals surface area (Å²) in [6, 6.07) is 9.03. The van der Waals surface area contributed by atoms with Crippen LogP contribution in [0.5, 0.6) is 11.5 Å². The summed E-state index contributed by atoms with van der Waals surface area (Å²) in [5, 5.41) is 11.0. The fraction of sp³-hybridized carbons (Fsp3) is 0.0714. The molecule has 0 aliphatic heterocycles. The summed E-state index contributed by atoms with van der Waals surface area (Å²) in [5.41, 5.74) is 0.871. The number of non-ortho nitro benzene ring substituents is 1. The van der Waals surface area contributed by atoms with Crippen molar-refractivity contribution < 1.29 is 14.5 Å². The lowest BCUT2D eigenvalue weighted by atomic mass is 10.2. The molecule has 0 N–H and O–H groups in total. The maximum absolute atomic E-state index is 11.0. The lowest BCUT2D eigenvalue weighted by molar-refractivity contribution is -0.384. The Morgan fingerprint density at radius 2 is 2.05 bits per heavy atom. The number of aryl methyl sites for hydroxylation is 1. The van der Waals surface area contributed by atoms with Gasteiger partial charge in [-0.1, -0.05) is 17.7 Å². The molecule has 0 radical (unpaired) electrons. The standard InChI is InChI=1S/C14H10ClNO4/c1-9-7-11(16(18)19)5-6-13(9)20-14-10(8-17)3-2-4-12(14)15/h2-8H,1H3. The van der Waals surface area contributed by atoms with Crippen LogP contribution in [0.4, 0.5) is 5.69 Å². The number of nitro benzene ring substituents is 1. The summed E-state index contributed by atoms with van der Waals surface area (Å²) in [5.74, 6) is 0.646. The van der Waals surface area contributed by atoms with Gasteiger partial charge in [0.1, 0.15) is 5.75 Å². The van der Waals surface area contributed by atoms with Crippen LogP contribution in [0.25, 0.3) is 0 Å². The lowest BCUT2D eigenvalue weighted by Gasteiger charge is -2.11. The summed E-state index contributed by atoms with van der Waals surface area (Å²) in [7, 11) is 0. The fourth-order valence-corrected chi connectivity index (χ4v) is 1.92. The number of nitro groups is 1. The predicted octanol–water partition coefficient (Wildman–Crippen LogP) is 4.16. The van der Waals surface area contributed by atoms with Crippen molar-refractivity contribution in [3.05, 3.63) is 62.7 Å². The van der Waals surface area contributed by atoms with Crippen LogP contribution in [-0.4, -0.2) is 11.2 Å². The average Bonchev–Trinajstić information content (AvgIpc) is 2.42. The highest BCUT2D eigenvalue weighted by Crippen LogP contribution is 2.34. The van der Waals surface area contributed by atoms with E-state index >= 15 is 0 Å². The van der Waals surface area contributed by atoms with Crippen molar-refractivity contribution in [1.29, 1.82) is 0 Å². The molecule has 0 aliphatic rings. The fourth-order valence-electron chi connectivity index (χ4n) is 1.70. The van der Waals surface area contributed by atoms with Crippen LogP contribution in [0.3, 0.4) is 0 Å². The number of para-hydroxylation sites is 1. The molecule has 0 amide bonds. The van der Waals surface area contributed by atoms with Crippen molar-refractivity contribution in [2.45, 2.75) is 6.92 Å². The van der Waals surface area contributed by atoms with Gasteiger partial charge in [0, 0.05) is 12.1 Å². The maximum atomic E-state index is 11.0. The number of aldehydes is 1. The molecule has 5 nitrogen and oxygen atoms in total. The molecule has 0 aromatic heterocycles. The summed E-state index contributed by atoms with van der Waals surface area (Å²) in [6.45, 7) is 1.68. The molecule has 0 saturated carbocycles. The van der Waals surface area contributed by atoms with Gasteiger partial charge in [-0.2, -0.15) is 0 Å². The number of carbonyl (C=O) groups is 1. The highest BCUT2D eigenvalue weighted by atomic mass is 35.5. The number of ether oxygens (including phenoxy) is 1. The minimum Gasteiger partial charge on any atom is -0.455 e. The van der Waals surface area contributed by atoms with Crippen LogP contribution in [0.2, 0.25) is 5.02 Å². The van der Waals surface area contributed by atoms with Crippen LogP contribution >= 0.6 is 11.6 Å². The van der Waals surface area contributed by atoms with Gasteiger partial charge in [0.15, 0.2) is 12.0 Å². The normalized spacial score (nSPS) is 10.1. The van der Waals surface area contributed by atoms with Crippen molar-refractivity contribution in [3.63, 3.8) is 0 Å². The van der Waals surface area contributed by atoms with E-state index in [0.29, 0.717) is 28.2 Å². The van der Waals surface area contributed by atoms with Gasteiger partial charge in [-0.15, -0.1) is 0 Å². The lowest BCUT2D eigenvalue weighted by Crippen LogP contribution is -1.95. The van der Waals surface area contributed by atoms with E-state index in [2.05, 4.69) is 0 Å². The molecule has 2 aromatic carbocycles. The molecule has 20 heavy (non-hydrogen) atoms. The molecular formula is C14H10ClNO4. The van der Waals surface area contributed by atoms with Crippen LogP contribution in [-0.2, 0) is 0 Å². The van der Waals surface area contributed by atoms with Gasteiger partial charge in [-0.25, -0.2) is 0 Å². The Morgan fingerprint density at radius 1 is 1.30 bits per heavy atom. The molecule has 102 valence electrons. The van der Waals surface area contributed by atoms with Crippen molar-refractivity contribution >= 4 is 23.6 Å². The molecule has 0 bridgehead atoms. The largest absolute Gasteiger partial charge is 0.455 e. The van der Waals surface area contributed by atoms with Gasteiger partial charge >= 0.3 is 0 Å². The Balaban J connectivity index is 2.40. The van der Waals surface area contributed by atoms with Gasteiger partial charge in [0.25, 0.3) is 5.69 Å². The first-order valence-electron chi connectivity index (χ1n) is 5.69. The van der Waals surface area contributed by atoms with Gasteiger partial charge in [-0.05, 0) is 30.7 Å². The van der Waals surface area contributed by atoms with Crippen LogP contribution < -0.4 is 4.74 Å². The second-order valence-corrected chi connectivity index (χ2v) is 4.49. The third-order valence-corrected chi connectivity index (χ3v) is 3.00. The molecule has 0 atom stereocenters. The smallest absolute Gasteiger partial charge is 0.269 e. The van der Waals surface area contributed by atoms with Crippen LogP contribution in [0, 0.1) is 17.0 Å². The van der Waals surface area contributed by atoms with Crippen LogP contribution in [0.1, 0.15) is 15.9 Å². The molecule has 0 heterocycles. The molecule has 6 heteroatoms. The zero-order valence-corrected chi connectivity index (χ0v) is 11.3. The zero-order valence-electron chi connectivity index (χ0n) is 10.5. The van der Waals surface area contributed by atoms with Crippen LogP contribution in [0.15, 0.2) is 36.4 Å². The van der Waals surface area contributed by atoms with Gasteiger partial charge < -0.3 is 4.74 Å². The Labute approximate surface area is 119 Å². The third kappa shape index (κ3) is 2.78. The van der Waals surface area contributed by atoms with Gasteiger partial charge in [-0.3, -0.25) is 14.9 Å². The predicted molar refractivity (Wildman–Crippen MR) is 74.7 cm³/mol. The quantitative estimate of drug-likeness (QED) is 0.482. The van der Waals surface area contributed by atoms with Crippen molar-refractivity contribution in [3.8, 4) is 11.5 Å². The third-order valence-electron chi connectivity index (χ3n) is 2.71. The number of hydrogen-bond donors (Lipinski definition) is 0. The maximum Gasteiger partial charge on any atom is 0.269 e. The number of benzene rings is 2. The number of rotatable bonds is 4. The minimum absolute atomic E-state index is 0.0235. The number of carbonyl (C=O) groups excluding carboxylic acids is 1. The van der Waals surface area contributed by atoms with Gasteiger partial charge in [0.2, 0.25) is 0 Å². The summed E-state index contributed by atoms with van der Waals surface area (Å²) < 4.78 is 5.61. The van der Waals surface area contributed by atoms with E-state index in [4.69, 9.17) is 16.3 Å². The van der Waals surface area contributed by atoms with Gasteiger partial charge in [0.05, 0.1) is 15.5 Å². The highest BCUT2D eigenvalue weighted by molar-refractivity contribution is 6.32. The minimum atomic E-state index is -0.483. The second-order valence-electron chi connectivity index (χ2n) is 4.09. The van der Waals surface area contributed by atoms with E-state index in [-0.39, 0.29) is 11.4 Å². The summed E-state index contributed by atoms with van der Waals surface area (Å²) in [6.07, 6.45) is 0.641. The SMILES string of the molecule is Cc1cc([N+](=O)[O-])ccc1Oc1c(Cl)cccc1C=O. The number of hydrogen-bond acceptors (Lipinski definition) is 4. The van der Waals surface area contributed by atoms with E-state index in [1.54, 1.807) is 25.1 Å². The first-order valence-corrected chi connectivity index (χ1v) is 6.07. The van der Waals surface area contributed by atoms with Crippen molar-refractivity contribution in [2.75, 3.05) is 0 Å². The molecule has 0 spiro atoms. The molecule has 0 unspecified atom stereocenters. The second kappa shape index (κ2) is 5.71. The van der Waals surface area contributed by atoms with E-state index in [1.807, 2.05) is 0 Å². The van der Waals surface area contributed by atoms with Crippen molar-refractivity contribution in [2.24, 2.45) is 0 Å². The molecule has 0 fully saturated rings. The highest BCUT2D eigenvalue weighted by Gasteiger charge is 2.13. The first-order chi connectivity index (χ1) is 9.52. The Hall–Kier alpha value is -2.40. The summed E-state index contributed by atoms with van der Waals surface area (Å²) in [4.78, 5) is 21.2. The molecule has 0 saturated heterocycles. The van der Waals surface area contributed by atoms with E-state index in [0.717, 1.165) is 0 Å². The Morgan fingerprint density at radius 3 is 2.65 bits per heavy atom. The topological polar surface area (TPSA) is 69.4 Å². The monoisotopic (exact) mass is 291 g/mol. The number of nitrogens with zero attached hydrogens (tertiary/aromatic N) is 1. The van der Waals surface area contributed by atoms with E-state index in [1.165, 1.54) is 18.2 Å². The average molecular weight is 292 g/mol. The van der Waals surface area contributed by atoms with E-state index in [9.17, 15) is 14.9 Å². The summed E-state index contributed by atoms with van der Waals surface area (Å²) >= 11 is 6.00. The molecule has 0 aliphatic carbocycles.